The van der Waals surface area contributed by atoms with Crippen LogP contribution >= 0.6 is 0 Å². The first kappa shape index (κ1) is 11.9. The Morgan fingerprint density at radius 2 is 2.41 bits per heavy atom. The molecule has 0 radical (unpaired) electrons. The number of hydrogen-bond acceptors (Lipinski definition) is 3. The highest BCUT2D eigenvalue weighted by Gasteiger charge is 2.30. The van der Waals surface area contributed by atoms with E-state index in [0.717, 1.165) is 24.1 Å². The largest absolute Gasteiger partial charge is 0.376 e. The highest BCUT2D eigenvalue weighted by molar-refractivity contribution is 5.83. The van der Waals surface area contributed by atoms with Crippen molar-refractivity contribution in [2.45, 2.75) is 31.9 Å². The molecule has 2 unspecified atom stereocenters. The van der Waals surface area contributed by atoms with Gasteiger partial charge in [-0.15, -0.1) is 0 Å². The summed E-state index contributed by atoms with van der Waals surface area (Å²) in [6, 6.07) is 7.43. The molecule has 4 nitrogen and oxygen atoms in total. The third-order valence-electron chi connectivity index (χ3n) is 2.98. The second-order valence-corrected chi connectivity index (χ2v) is 4.45. The number of hydrogen-bond donors (Lipinski definition) is 2. The van der Waals surface area contributed by atoms with Crippen LogP contribution < -0.4 is 11.1 Å². The van der Waals surface area contributed by atoms with Crippen LogP contribution in [0.25, 0.3) is 0 Å². The van der Waals surface area contributed by atoms with Gasteiger partial charge in [-0.25, -0.2) is 0 Å². The number of carbonyl (C=O) groups is 1. The molecule has 1 aliphatic rings. The summed E-state index contributed by atoms with van der Waals surface area (Å²) >= 11 is 0. The average molecular weight is 234 g/mol. The lowest BCUT2D eigenvalue weighted by Gasteiger charge is -2.22. The fourth-order valence-electron chi connectivity index (χ4n) is 2.13. The molecule has 2 rings (SSSR count). The van der Waals surface area contributed by atoms with Crippen molar-refractivity contribution in [1.82, 2.24) is 0 Å². The molecule has 1 aliphatic heterocycles. The van der Waals surface area contributed by atoms with Crippen LogP contribution in [0.2, 0.25) is 0 Å². The van der Waals surface area contributed by atoms with E-state index in [4.69, 9.17) is 10.5 Å². The van der Waals surface area contributed by atoms with Gasteiger partial charge in [-0.3, -0.25) is 4.79 Å². The summed E-state index contributed by atoms with van der Waals surface area (Å²) in [4.78, 5) is 11.5. The molecule has 0 spiro atoms. The first-order chi connectivity index (χ1) is 8.16. The van der Waals surface area contributed by atoms with Gasteiger partial charge in [0, 0.05) is 12.3 Å². The van der Waals surface area contributed by atoms with Gasteiger partial charge in [-0.05, 0) is 37.5 Å². The van der Waals surface area contributed by atoms with Crippen LogP contribution in [-0.4, -0.2) is 24.7 Å². The molecule has 1 saturated heterocycles. The third-order valence-corrected chi connectivity index (χ3v) is 2.98. The minimum absolute atomic E-state index is 0.104. The molecule has 1 heterocycles. The van der Waals surface area contributed by atoms with Crippen LogP contribution in [0.3, 0.4) is 0 Å². The summed E-state index contributed by atoms with van der Waals surface area (Å²) in [7, 11) is 0. The predicted molar refractivity (Wildman–Crippen MR) is 66.8 cm³/mol. The zero-order chi connectivity index (χ0) is 12.3. The molecular weight excluding hydrogens is 216 g/mol. The Hall–Kier alpha value is -1.55. The fourth-order valence-corrected chi connectivity index (χ4v) is 2.13. The molecule has 0 aliphatic carbocycles. The molecule has 1 amide bonds. The number of nitrogens with one attached hydrogen (secondary N) is 1. The van der Waals surface area contributed by atoms with Gasteiger partial charge in [0.1, 0.15) is 6.04 Å². The summed E-state index contributed by atoms with van der Waals surface area (Å²) in [5, 5.41) is 3.16. The molecule has 0 bridgehead atoms. The standard InChI is InChI=1S/C13H18N2O2/c1-9-4-2-5-10(8-9)15-12(13(14)16)11-6-3-7-17-11/h2,4-5,8,11-12,15H,3,6-7H2,1H3,(H2,14,16). The number of carbonyl (C=O) groups excluding carboxylic acids is 1. The quantitative estimate of drug-likeness (QED) is 0.828. The number of aryl methyl sites for hydroxylation is 1. The normalized spacial score (nSPS) is 21.1. The summed E-state index contributed by atoms with van der Waals surface area (Å²) < 4.78 is 5.52. The summed E-state index contributed by atoms with van der Waals surface area (Å²) in [6.45, 7) is 2.72. The first-order valence-corrected chi connectivity index (χ1v) is 5.91. The van der Waals surface area contributed by atoms with Crippen molar-refractivity contribution in [3.63, 3.8) is 0 Å². The van der Waals surface area contributed by atoms with Crippen LogP contribution in [0.4, 0.5) is 5.69 Å². The van der Waals surface area contributed by atoms with Crippen molar-refractivity contribution in [3.05, 3.63) is 29.8 Å². The Labute approximate surface area is 101 Å². The smallest absolute Gasteiger partial charge is 0.242 e. The Morgan fingerprint density at radius 1 is 1.59 bits per heavy atom. The maximum Gasteiger partial charge on any atom is 0.242 e. The Kier molecular flexibility index (Phi) is 3.64. The molecule has 92 valence electrons. The maximum absolute atomic E-state index is 11.5. The predicted octanol–water partition coefficient (Wildman–Crippen LogP) is 1.44. The van der Waals surface area contributed by atoms with Crippen LogP contribution in [0, 0.1) is 6.92 Å². The van der Waals surface area contributed by atoms with Crippen LogP contribution in [-0.2, 0) is 9.53 Å². The lowest BCUT2D eigenvalue weighted by Crippen LogP contribution is -2.44. The van der Waals surface area contributed by atoms with E-state index >= 15 is 0 Å². The van der Waals surface area contributed by atoms with Gasteiger partial charge in [-0.1, -0.05) is 12.1 Å². The summed E-state index contributed by atoms with van der Waals surface area (Å²) in [6.07, 6.45) is 1.77. The third kappa shape index (κ3) is 2.97. The van der Waals surface area contributed by atoms with Gasteiger partial charge in [0.15, 0.2) is 0 Å². The summed E-state index contributed by atoms with van der Waals surface area (Å²) in [5.41, 5.74) is 7.47. The number of primary amides is 1. The molecule has 17 heavy (non-hydrogen) atoms. The molecule has 0 aromatic heterocycles. The lowest BCUT2D eigenvalue weighted by molar-refractivity contribution is -0.121. The van der Waals surface area contributed by atoms with E-state index in [1.165, 1.54) is 0 Å². The number of amides is 1. The van der Waals surface area contributed by atoms with Crippen molar-refractivity contribution in [2.75, 3.05) is 11.9 Å². The minimum atomic E-state index is -0.445. The topological polar surface area (TPSA) is 64.3 Å². The Morgan fingerprint density at radius 3 is 3.00 bits per heavy atom. The zero-order valence-electron chi connectivity index (χ0n) is 9.98. The van der Waals surface area contributed by atoms with Crippen LogP contribution in [0.5, 0.6) is 0 Å². The molecule has 1 aromatic rings. The van der Waals surface area contributed by atoms with Crippen LogP contribution in [0.1, 0.15) is 18.4 Å². The zero-order valence-corrected chi connectivity index (χ0v) is 9.98. The highest BCUT2D eigenvalue weighted by atomic mass is 16.5. The van der Waals surface area contributed by atoms with Gasteiger partial charge in [0.25, 0.3) is 0 Å². The van der Waals surface area contributed by atoms with Crippen molar-refractivity contribution in [2.24, 2.45) is 5.73 Å². The van der Waals surface area contributed by atoms with Crippen molar-refractivity contribution < 1.29 is 9.53 Å². The lowest BCUT2D eigenvalue weighted by atomic mass is 10.1. The monoisotopic (exact) mass is 234 g/mol. The van der Waals surface area contributed by atoms with Gasteiger partial charge in [0.05, 0.1) is 6.10 Å². The SMILES string of the molecule is Cc1cccc(NC(C(N)=O)C2CCCO2)c1. The van der Waals surface area contributed by atoms with E-state index in [0.29, 0.717) is 6.61 Å². The van der Waals surface area contributed by atoms with Crippen molar-refractivity contribution in [1.29, 1.82) is 0 Å². The molecule has 4 heteroatoms. The number of anilines is 1. The van der Waals surface area contributed by atoms with E-state index in [2.05, 4.69) is 5.32 Å². The van der Waals surface area contributed by atoms with Gasteiger partial charge >= 0.3 is 0 Å². The number of ether oxygens (including phenoxy) is 1. The summed E-state index contributed by atoms with van der Waals surface area (Å²) in [5.74, 6) is -0.363. The maximum atomic E-state index is 11.5. The van der Waals surface area contributed by atoms with Crippen LogP contribution in [0.15, 0.2) is 24.3 Å². The van der Waals surface area contributed by atoms with E-state index in [-0.39, 0.29) is 12.0 Å². The van der Waals surface area contributed by atoms with E-state index in [9.17, 15) is 4.79 Å². The minimum Gasteiger partial charge on any atom is -0.376 e. The van der Waals surface area contributed by atoms with Crippen molar-refractivity contribution >= 4 is 11.6 Å². The molecular formula is C13H18N2O2. The van der Waals surface area contributed by atoms with Gasteiger partial charge < -0.3 is 15.8 Å². The molecule has 3 N–H and O–H groups in total. The molecule has 1 aromatic carbocycles. The Bertz CT molecular complexity index is 400. The van der Waals surface area contributed by atoms with E-state index in [1.54, 1.807) is 0 Å². The highest BCUT2D eigenvalue weighted by Crippen LogP contribution is 2.19. The average Bonchev–Trinajstić information content (AvgIpc) is 2.78. The number of rotatable bonds is 4. The van der Waals surface area contributed by atoms with E-state index in [1.807, 2.05) is 31.2 Å². The second-order valence-electron chi connectivity index (χ2n) is 4.45. The Balaban J connectivity index is 2.09. The molecule has 1 fully saturated rings. The fraction of sp³-hybridized carbons (Fsp3) is 0.462. The molecule has 0 saturated carbocycles. The van der Waals surface area contributed by atoms with E-state index < -0.39 is 6.04 Å². The second kappa shape index (κ2) is 5.19. The first-order valence-electron chi connectivity index (χ1n) is 5.91. The van der Waals surface area contributed by atoms with Crippen molar-refractivity contribution in [3.8, 4) is 0 Å². The molecule has 2 atom stereocenters. The number of nitrogens with two attached hydrogens (primary N) is 1. The van der Waals surface area contributed by atoms with Gasteiger partial charge in [0.2, 0.25) is 5.91 Å². The number of benzene rings is 1. The van der Waals surface area contributed by atoms with Gasteiger partial charge in [-0.2, -0.15) is 0 Å².